The van der Waals surface area contributed by atoms with E-state index in [1.807, 2.05) is 0 Å². The molecule has 14 heavy (non-hydrogen) atoms. The molecule has 1 unspecified atom stereocenters. The minimum Gasteiger partial charge on any atom is -0.340 e. The van der Waals surface area contributed by atoms with Crippen molar-refractivity contribution in [2.75, 3.05) is 11.4 Å². The minimum absolute atomic E-state index is 0.341. The third-order valence-corrected chi connectivity index (χ3v) is 2.38. The summed E-state index contributed by atoms with van der Waals surface area (Å²) < 4.78 is 20.8. The Balaban J connectivity index is 2.61. The van der Waals surface area contributed by atoms with E-state index in [9.17, 15) is 4.21 Å². The van der Waals surface area contributed by atoms with Crippen molar-refractivity contribution in [3.8, 4) is 0 Å². The minimum atomic E-state index is -2.11. The topological polar surface area (TPSA) is 95.0 Å². The summed E-state index contributed by atoms with van der Waals surface area (Å²) in [6.07, 6.45) is 2.75. The molecule has 0 radical (unpaired) electrons. The maximum absolute atomic E-state index is 10.8. The Hall–Kier alpha value is -1.54. The van der Waals surface area contributed by atoms with Gasteiger partial charge in [0.25, 0.3) is 11.3 Å². The fourth-order valence-corrected chi connectivity index (χ4v) is 1.35. The van der Waals surface area contributed by atoms with Gasteiger partial charge in [0, 0.05) is 7.05 Å². The molecule has 8 heteroatoms. The van der Waals surface area contributed by atoms with Gasteiger partial charge in [0.1, 0.15) is 11.8 Å². The summed E-state index contributed by atoms with van der Waals surface area (Å²) in [7, 11) is 1.46. The monoisotopic (exact) mass is 213 g/mol. The van der Waals surface area contributed by atoms with Gasteiger partial charge < -0.3 is 4.98 Å². The first kappa shape index (κ1) is 9.03. The van der Waals surface area contributed by atoms with Gasteiger partial charge in [-0.1, -0.05) is 0 Å². The first-order valence-electron chi connectivity index (χ1n) is 3.69. The van der Waals surface area contributed by atoms with E-state index in [2.05, 4.69) is 19.9 Å². The van der Waals surface area contributed by atoms with Crippen LogP contribution in [-0.4, -0.2) is 35.7 Å². The van der Waals surface area contributed by atoms with Crippen LogP contribution in [0.25, 0.3) is 11.2 Å². The molecule has 0 aromatic carbocycles. The number of H-pyrrole nitrogens is 1. The van der Waals surface area contributed by atoms with Crippen LogP contribution in [0.3, 0.4) is 0 Å². The van der Waals surface area contributed by atoms with E-state index in [0.29, 0.717) is 17.0 Å². The molecule has 0 aliphatic heterocycles. The predicted octanol–water partition coefficient (Wildman–Crippen LogP) is -0.0742. The normalized spacial score (nSPS) is 13.0. The molecule has 2 aromatic rings. The summed E-state index contributed by atoms with van der Waals surface area (Å²) >= 11 is -2.11. The molecule has 0 aliphatic carbocycles. The van der Waals surface area contributed by atoms with Crippen LogP contribution in [0.1, 0.15) is 0 Å². The second kappa shape index (κ2) is 3.31. The number of fused-ring (bicyclic) bond motifs is 1. The summed E-state index contributed by atoms with van der Waals surface area (Å²) in [6, 6.07) is 0. The molecule has 2 aromatic heterocycles. The van der Waals surface area contributed by atoms with Crippen molar-refractivity contribution in [2.45, 2.75) is 0 Å². The first-order chi connectivity index (χ1) is 6.70. The number of hydrogen-bond donors (Lipinski definition) is 2. The van der Waals surface area contributed by atoms with Crippen molar-refractivity contribution in [1.82, 2.24) is 19.9 Å². The summed E-state index contributed by atoms with van der Waals surface area (Å²) in [4.78, 5) is 14.5. The standard InChI is InChI=1S/C6H7N5O2S/c1-11(14(12)13)6-4-5(8-2-7-4)9-3-10-6/h2-3H,1H3,(H,12,13)(H,7,8,9,10). The number of imidazole rings is 1. The van der Waals surface area contributed by atoms with E-state index in [4.69, 9.17) is 4.55 Å². The van der Waals surface area contributed by atoms with E-state index in [-0.39, 0.29) is 0 Å². The Morgan fingerprint density at radius 2 is 2.29 bits per heavy atom. The van der Waals surface area contributed by atoms with Gasteiger partial charge in [0.2, 0.25) is 0 Å². The van der Waals surface area contributed by atoms with E-state index < -0.39 is 11.3 Å². The highest BCUT2D eigenvalue weighted by molar-refractivity contribution is 7.80. The summed E-state index contributed by atoms with van der Waals surface area (Å²) in [5.74, 6) is 0.341. The molecule has 0 fully saturated rings. The average Bonchev–Trinajstić information content (AvgIpc) is 2.63. The Bertz CT molecular complexity index is 484. The molecular weight excluding hydrogens is 206 g/mol. The molecule has 2 N–H and O–H groups in total. The zero-order valence-electron chi connectivity index (χ0n) is 7.21. The molecule has 0 aliphatic rings. The Morgan fingerprint density at radius 3 is 3.00 bits per heavy atom. The van der Waals surface area contributed by atoms with Crippen molar-refractivity contribution < 1.29 is 8.76 Å². The predicted molar refractivity (Wildman–Crippen MR) is 50.9 cm³/mol. The van der Waals surface area contributed by atoms with Gasteiger partial charge in [-0.3, -0.25) is 8.86 Å². The lowest BCUT2D eigenvalue weighted by Gasteiger charge is -2.11. The fraction of sp³-hybridized carbons (Fsp3) is 0.167. The van der Waals surface area contributed by atoms with E-state index in [1.54, 1.807) is 0 Å². The smallest absolute Gasteiger partial charge is 0.262 e. The number of nitrogens with zero attached hydrogens (tertiary/aromatic N) is 4. The number of anilines is 1. The highest BCUT2D eigenvalue weighted by Crippen LogP contribution is 2.18. The van der Waals surface area contributed by atoms with Crippen LogP contribution in [0.2, 0.25) is 0 Å². The van der Waals surface area contributed by atoms with Crippen molar-refractivity contribution >= 4 is 28.2 Å². The zero-order valence-corrected chi connectivity index (χ0v) is 8.02. The van der Waals surface area contributed by atoms with Crippen LogP contribution >= 0.6 is 0 Å². The second-order valence-electron chi connectivity index (χ2n) is 2.53. The lowest BCUT2D eigenvalue weighted by Crippen LogP contribution is -2.20. The van der Waals surface area contributed by atoms with Crippen LogP contribution < -0.4 is 4.31 Å². The molecule has 0 bridgehead atoms. The number of hydrogen-bond acceptors (Lipinski definition) is 4. The first-order valence-corrected chi connectivity index (χ1v) is 4.75. The van der Waals surface area contributed by atoms with E-state index >= 15 is 0 Å². The molecule has 0 amide bonds. The number of rotatable bonds is 2. The summed E-state index contributed by atoms with van der Waals surface area (Å²) in [6.45, 7) is 0. The fourth-order valence-electron chi connectivity index (χ4n) is 1.07. The van der Waals surface area contributed by atoms with Crippen LogP contribution in [-0.2, 0) is 11.3 Å². The van der Waals surface area contributed by atoms with Crippen molar-refractivity contribution in [3.63, 3.8) is 0 Å². The molecule has 0 saturated carbocycles. The third-order valence-electron chi connectivity index (χ3n) is 1.74. The number of aromatic amines is 1. The summed E-state index contributed by atoms with van der Waals surface area (Å²) in [5.41, 5.74) is 1.00. The number of aromatic nitrogens is 4. The largest absolute Gasteiger partial charge is 0.340 e. The quantitative estimate of drug-likeness (QED) is 0.680. The maximum Gasteiger partial charge on any atom is 0.262 e. The van der Waals surface area contributed by atoms with Gasteiger partial charge in [0.05, 0.1) is 6.33 Å². The van der Waals surface area contributed by atoms with E-state index in [0.717, 1.165) is 4.31 Å². The van der Waals surface area contributed by atoms with Crippen molar-refractivity contribution in [1.29, 1.82) is 0 Å². The van der Waals surface area contributed by atoms with Crippen LogP contribution in [0.4, 0.5) is 5.82 Å². The van der Waals surface area contributed by atoms with Gasteiger partial charge in [-0.15, -0.1) is 0 Å². The molecule has 7 nitrogen and oxygen atoms in total. The summed E-state index contributed by atoms with van der Waals surface area (Å²) in [5, 5.41) is 0. The Morgan fingerprint density at radius 1 is 1.50 bits per heavy atom. The highest BCUT2D eigenvalue weighted by atomic mass is 32.2. The Kier molecular flexibility index (Phi) is 2.14. The molecule has 74 valence electrons. The second-order valence-corrected chi connectivity index (χ2v) is 3.54. The average molecular weight is 213 g/mol. The third kappa shape index (κ3) is 1.34. The molecule has 2 rings (SSSR count). The molecule has 1 atom stereocenters. The molecule has 2 heterocycles. The van der Waals surface area contributed by atoms with Gasteiger partial charge in [0.15, 0.2) is 11.5 Å². The van der Waals surface area contributed by atoms with Crippen molar-refractivity contribution in [2.24, 2.45) is 0 Å². The molecule has 0 spiro atoms. The van der Waals surface area contributed by atoms with Gasteiger partial charge in [-0.25, -0.2) is 19.2 Å². The van der Waals surface area contributed by atoms with Gasteiger partial charge >= 0.3 is 0 Å². The van der Waals surface area contributed by atoms with Crippen LogP contribution in [0.5, 0.6) is 0 Å². The lowest BCUT2D eigenvalue weighted by molar-refractivity contribution is 0.562. The SMILES string of the molecule is CN(c1ncnc2nc[nH]c12)S(=O)O. The van der Waals surface area contributed by atoms with Gasteiger partial charge in [-0.2, -0.15) is 0 Å². The maximum atomic E-state index is 10.8. The highest BCUT2D eigenvalue weighted by Gasteiger charge is 2.13. The van der Waals surface area contributed by atoms with Crippen molar-refractivity contribution in [3.05, 3.63) is 12.7 Å². The van der Waals surface area contributed by atoms with Crippen LogP contribution in [0.15, 0.2) is 12.7 Å². The Labute approximate surface area is 81.6 Å². The van der Waals surface area contributed by atoms with E-state index in [1.165, 1.54) is 19.7 Å². The zero-order chi connectivity index (χ0) is 10.1. The molecule has 0 saturated heterocycles. The van der Waals surface area contributed by atoms with Gasteiger partial charge in [-0.05, 0) is 0 Å². The van der Waals surface area contributed by atoms with Crippen LogP contribution in [0, 0.1) is 0 Å². The lowest BCUT2D eigenvalue weighted by atomic mass is 10.5. The molecular formula is C6H7N5O2S. The number of nitrogens with one attached hydrogen (secondary N) is 1.